The standard InChI is InChI=1S/C23H30N2O2S/c1-15(23-12-16-9-17(13-23)11-18(10-16)14-23)24-21(26)7-4-8-25-22(27)19-5-2-3-6-20(19)28-25/h2-3,5-6,15-18H,4,7-14H2,1H3,(H,24,26). The van der Waals surface area contributed by atoms with Gasteiger partial charge in [-0.2, -0.15) is 0 Å². The van der Waals surface area contributed by atoms with Crippen molar-refractivity contribution in [1.82, 2.24) is 9.27 Å². The summed E-state index contributed by atoms with van der Waals surface area (Å²) in [6, 6.07) is 8.00. The first-order valence-electron chi connectivity index (χ1n) is 10.9. The van der Waals surface area contributed by atoms with E-state index in [1.807, 2.05) is 24.3 Å². The summed E-state index contributed by atoms with van der Waals surface area (Å²) in [4.78, 5) is 25.0. The fourth-order valence-electron chi connectivity index (χ4n) is 6.72. The first-order chi connectivity index (χ1) is 13.5. The average molecular weight is 399 g/mol. The van der Waals surface area contributed by atoms with E-state index in [-0.39, 0.29) is 17.5 Å². The summed E-state index contributed by atoms with van der Waals surface area (Å²) in [7, 11) is 0. The van der Waals surface area contributed by atoms with Gasteiger partial charge in [-0.25, -0.2) is 0 Å². The van der Waals surface area contributed by atoms with Crippen LogP contribution in [0.3, 0.4) is 0 Å². The number of carbonyl (C=O) groups excluding carboxylic acids is 1. The van der Waals surface area contributed by atoms with Crippen LogP contribution in [0.5, 0.6) is 0 Å². The summed E-state index contributed by atoms with van der Waals surface area (Å²) in [5.74, 6) is 2.87. The molecule has 0 radical (unpaired) electrons. The molecule has 4 bridgehead atoms. The number of nitrogens with one attached hydrogen (secondary N) is 1. The van der Waals surface area contributed by atoms with Gasteiger partial charge in [0.15, 0.2) is 0 Å². The molecule has 1 atom stereocenters. The molecule has 4 aliphatic carbocycles. The Labute approximate surface area is 170 Å². The Morgan fingerprint density at radius 3 is 2.46 bits per heavy atom. The summed E-state index contributed by atoms with van der Waals surface area (Å²) in [5, 5.41) is 4.13. The third-order valence-corrected chi connectivity index (χ3v) is 8.82. The van der Waals surface area contributed by atoms with Gasteiger partial charge in [-0.1, -0.05) is 23.7 Å². The van der Waals surface area contributed by atoms with Crippen molar-refractivity contribution in [3.63, 3.8) is 0 Å². The Bertz CT molecular complexity index is 908. The number of aromatic nitrogens is 1. The maximum Gasteiger partial charge on any atom is 0.268 e. The number of rotatable bonds is 6. The third-order valence-electron chi connectivity index (χ3n) is 7.70. The van der Waals surface area contributed by atoms with Gasteiger partial charge in [-0.15, -0.1) is 0 Å². The molecule has 1 unspecified atom stereocenters. The van der Waals surface area contributed by atoms with Gasteiger partial charge in [0.25, 0.3) is 5.56 Å². The minimum atomic E-state index is 0.0722. The summed E-state index contributed by atoms with van der Waals surface area (Å²) < 4.78 is 2.81. The van der Waals surface area contributed by atoms with Crippen LogP contribution in [-0.2, 0) is 11.3 Å². The second-order valence-corrected chi connectivity index (χ2v) is 10.7. The lowest BCUT2D eigenvalue weighted by molar-refractivity contribution is -0.126. The lowest BCUT2D eigenvalue weighted by Gasteiger charge is -2.59. The highest BCUT2D eigenvalue weighted by Crippen LogP contribution is 2.61. The van der Waals surface area contributed by atoms with Crippen LogP contribution < -0.4 is 10.9 Å². The largest absolute Gasteiger partial charge is 0.353 e. The van der Waals surface area contributed by atoms with Crippen LogP contribution in [-0.4, -0.2) is 15.9 Å². The molecule has 28 heavy (non-hydrogen) atoms. The van der Waals surface area contributed by atoms with Gasteiger partial charge in [-0.05, 0) is 87.2 Å². The molecular weight excluding hydrogens is 368 g/mol. The van der Waals surface area contributed by atoms with E-state index in [9.17, 15) is 9.59 Å². The number of aryl methyl sites for hydroxylation is 1. The fraction of sp³-hybridized carbons (Fsp3) is 0.652. The van der Waals surface area contributed by atoms with Crippen molar-refractivity contribution in [1.29, 1.82) is 0 Å². The summed E-state index contributed by atoms with van der Waals surface area (Å²) in [6.07, 6.45) is 9.47. The van der Waals surface area contributed by atoms with Gasteiger partial charge >= 0.3 is 0 Å². The van der Waals surface area contributed by atoms with Crippen molar-refractivity contribution >= 4 is 27.5 Å². The lowest BCUT2D eigenvalue weighted by atomic mass is 9.48. The molecule has 0 aliphatic heterocycles. The highest BCUT2D eigenvalue weighted by Gasteiger charge is 2.53. The van der Waals surface area contributed by atoms with Gasteiger partial charge in [0.05, 0.1) is 10.1 Å². The van der Waals surface area contributed by atoms with E-state index in [4.69, 9.17) is 0 Å². The maximum atomic E-state index is 12.6. The molecule has 1 amide bonds. The SMILES string of the molecule is CC(NC(=O)CCCn1sc2ccccc2c1=O)C12CC3CC(CC(C3)C1)C2. The van der Waals surface area contributed by atoms with Gasteiger partial charge in [-0.3, -0.25) is 13.5 Å². The molecule has 1 heterocycles. The van der Waals surface area contributed by atoms with E-state index in [0.717, 1.165) is 27.8 Å². The summed E-state index contributed by atoms with van der Waals surface area (Å²) >= 11 is 1.50. The van der Waals surface area contributed by atoms with Crippen LogP contribution in [0.15, 0.2) is 29.1 Å². The van der Waals surface area contributed by atoms with Crippen LogP contribution in [0.4, 0.5) is 0 Å². The molecule has 5 heteroatoms. The van der Waals surface area contributed by atoms with Crippen molar-refractivity contribution < 1.29 is 4.79 Å². The van der Waals surface area contributed by atoms with E-state index >= 15 is 0 Å². The minimum absolute atomic E-state index is 0.0722. The maximum absolute atomic E-state index is 12.6. The van der Waals surface area contributed by atoms with Gasteiger partial charge in [0, 0.05) is 19.0 Å². The van der Waals surface area contributed by atoms with Crippen LogP contribution in [0, 0.1) is 23.2 Å². The molecule has 4 fully saturated rings. The Hall–Kier alpha value is -1.62. The predicted octanol–water partition coefficient (Wildman–Crippen LogP) is 4.56. The molecule has 150 valence electrons. The molecule has 1 aromatic heterocycles. The molecule has 4 nitrogen and oxygen atoms in total. The number of hydrogen-bond donors (Lipinski definition) is 1. The van der Waals surface area contributed by atoms with E-state index in [2.05, 4.69) is 12.2 Å². The fourth-order valence-corrected chi connectivity index (χ4v) is 7.75. The molecule has 4 saturated carbocycles. The molecule has 2 aromatic rings. The van der Waals surface area contributed by atoms with E-state index in [1.54, 1.807) is 3.96 Å². The van der Waals surface area contributed by atoms with Crippen LogP contribution >= 0.6 is 11.5 Å². The second kappa shape index (κ2) is 7.01. The van der Waals surface area contributed by atoms with Crippen molar-refractivity contribution in [2.45, 2.75) is 70.9 Å². The molecule has 1 N–H and O–H groups in total. The zero-order chi connectivity index (χ0) is 19.3. The highest BCUT2D eigenvalue weighted by atomic mass is 32.1. The van der Waals surface area contributed by atoms with Crippen LogP contribution in [0.1, 0.15) is 58.3 Å². The number of benzene rings is 1. The predicted molar refractivity (Wildman–Crippen MR) is 114 cm³/mol. The molecule has 4 aliphatic rings. The zero-order valence-electron chi connectivity index (χ0n) is 16.7. The Morgan fingerprint density at radius 2 is 1.82 bits per heavy atom. The minimum Gasteiger partial charge on any atom is -0.353 e. The zero-order valence-corrected chi connectivity index (χ0v) is 17.5. The highest BCUT2D eigenvalue weighted by molar-refractivity contribution is 7.13. The number of fused-ring (bicyclic) bond motifs is 1. The average Bonchev–Trinajstić information content (AvgIpc) is 2.97. The topological polar surface area (TPSA) is 51.1 Å². The van der Waals surface area contributed by atoms with E-state index in [1.165, 1.54) is 50.1 Å². The van der Waals surface area contributed by atoms with Crippen molar-refractivity contribution in [2.24, 2.45) is 23.2 Å². The Kier molecular flexibility index (Phi) is 4.61. The van der Waals surface area contributed by atoms with Crippen molar-refractivity contribution in [2.75, 3.05) is 0 Å². The number of nitrogens with zero attached hydrogens (tertiary/aromatic N) is 1. The Balaban J connectivity index is 1.16. The van der Waals surface area contributed by atoms with E-state index < -0.39 is 0 Å². The van der Waals surface area contributed by atoms with Crippen molar-refractivity contribution in [3.8, 4) is 0 Å². The first kappa shape index (κ1) is 18.4. The Morgan fingerprint density at radius 1 is 1.18 bits per heavy atom. The van der Waals surface area contributed by atoms with Crippen LogP contribution in [0.2, 0.25) is 0 Å². The number of amides is 1. The van der Waals surface area contributed by atoms with Crippen molar-refractivity contribution in [3.05, 3.63) is 34.6 Å². The molecular formula is C23H30N2O2S. The van der Waals surface area contributed by atoms with E-state index in [0.29, 0.717) is 24.8 Å². The van der Waals surface area contributed by atoms with Gasteiger partial charge in [0.2, 0.25) is 5.91 Å². The third kappa shape index (κ3) is 3.22. The van der Waals surface area contributed by atoms with Gasteiger partial charge < -0.3 is 5.32 Å². The summed E-state index contributed by atoms with van der Waals surface area (Å²) in [6.45, 7) is 2.86. The monoisotopic (exact) mass is 398 g/mol. The normalized spacial score (nSPS) is 32.0. The smallest absolute Gasteiger partial charge is 0.268 e. The number of hydrogen-bond acceptors (Lipinski definition) is 3. The molecule has 6 rings (SSSR count). The number of carbonyl (C=O) groups is 1. The molecule has 0 saturated heterocycles. The molecule has 1 aromatic carbocycles. The van der Waals surface area contributed by atoms with Crippen LogP contribution in [0.25, 0.3) is 10.1 Å². The van der Waals surface area contributed by atoms with Gasteiger partial charge in [0.1, 0.15) is 0 Å². The summed E-state index contributed by atoms with van der Waals surface area (Å²) in [5.41, 5.74) is 0.426. The second-order valence-electron chi connectivity index (χ2n) is 9.67. The molecule has 0 spiro atoms. The quantitative estimate of drug-likeness (QED) is 0.775. The lowest BCUT2D eigenvalue weighted by Crippen LogP contribution is -2.55. The first-order valence-corrected chi connectivity index (χ1v) is 11.7.